The first kappa shape index (κ1) is 20.8. The first-order valence-corrected chi connectivity index (χ1v) is 9.07. The van der Waals surface area contributed by atoms with Crippen LogP contribution in [0.25, 0.3) is 0 Å². The van der Waals surface area contributed by atoms with E-state index in [9.17, 15) is 18.7 Å². The summed E-state index contributed by atoms with van der Waals surface area (Å²) in [4.78, 5) is 13.3. The first-order valence-electron chi connectivity index (χ1n) is 9.07. The molecule has 0 bridgehead atoms. The van der Waals surface area contributed by atoms with Crippen molar-refractivity contribution in [2.75, 3.05) is 13.2 Å². The van der Waals surface area contributed by atoms with Crippen molar-refractivity contribution in [1.82, 2.24) is 4.90 Å². The maximum Gasteiger partial charge on any atom is 0.410 e. The number of hydrogen-bond donors (Lipinski definition) is 1. The van der Waals surface area contributed by atoms with Crippen LogP contribution in [0.5, 0.6) is 0 Å². The van der Waals surface area contributed by atoms with E-state index in [2.05, 4.69) is 6.07 Å². The Kier molecular flexibility index (Phi) is 7.74. The molecule has 1 amide bonds. The van der Waals surface area contributed by atoms with Gasteiger partial charge in [-0.15, -0.1) is 0 Å². The third kappa shape index (κ3) is 5.76. The Morgan fingerprint density at radius 2 is 2.00 bits per heavy atom. The Labute approximate surface area is 157 Å². The number of amides is 1. The number of benzene rings is 1. The topological polar surface area (TPSA) is 73.6 Å². The molecular formula is C20H24F2N2O3. The zero-order chi connectivity index (χ0) is 19.7. The molecule has 0 aliphatic carbocycles. The van der Waals surface area contributed by atoms with E-state index in [0.29, 0.717) is 13.0 Å². The highest BCUT2D eigenvalue weighted by Crippen LogP contribution is 2.32. The summed E-state index contributed by atoms with van der Waals surface area (Å²) in [6, 6.07) is 8.74. The lowest BCUT2D eigenvalue weighted by Crippen LogP contribution is -2.34. The summed E-state index contributed by atoms with van der Waals surface area (Å²) in [5.74, 6) is -3.42. The van der Waals surface area contributed by atoms with E-state index in [-0.39, 0.29) is 12.2 Å². The molecule has 1 N–H and O–H groups in total. The minimum Gasteiger partial charge on any atom is -0.447 e. The molecule has 1 aliphatic heterocycles. The Morgan fingerprint density at radius 3 is 2.70 bits per heavy atom. The Bertz CT molecular complexity index is 674. The fourth-order valence-corrected chi connectivity index (χ4v) is 2.91. The fourth-order valence-electron chi connectivity index (χ4n) is 2.91. The van der Waals surface area contributed by atoms with Gasteiger partial charge in [0.25, 0.3) is 0 Å². The third-order valence-electron chi connectivity index (χ3n) is 4.50. The third-order valence-corrected chi connectivity index (χ3v) is 4.50. The number of aliphatic hydroxyl groups excluding tert-OH is 1. The summed E-state index contributed by atoms with van der Waals surface area (Å²) < 4.78 is 33.6. The number of nitrogens with zero attached hydrogens (tertiary/aromatic N) is 2. The van der Waals surface area contributed by atoms with Gasteiger partial charge in [-0.2, -0.15) is 14.0 Å². The summed E-state index contributed by atoms with van der Waals surface area (Å²) in [5, 5.41) is 18.4. The predicted octanol–water partition coefficient (Wildman–Crippen LogP) is 3.99. The molecule has 1 fully saturated rings. The molecule has 5 nitrogen and oxygen atoms in total. The molecule has 0 aromatic heterocycles. The molecule has 1 heterocycles. The number of hydrogen-bond acceptors (Lipinski definition) is 4. The lowest BCUT2D eigenvalue weighted by molar-refractivity contribution is -0.0929. The van der Waals surface area contributed by atoms with Crippen LogP contribution in [0.2, 0.25) is 0 Å². The van der Waals surface area contributed by atoms with Crippen LogP contribution in [0.4, 0.5) is 13.6 Å². The Hall–Kier alpha value is -2.46. The molecule has 1 saturated heterocycles. The van der Waals surface area contributed by atoms with E-state index in [1.165, 1.54) is 35.2 Å². The van der Waals surface area contributed by atoms with Crippen molar-refractivity contribution < 1.29 is 23.4 Å². The second kappa shape index (κ2) is 10.0. The molecule has 2 atom stereocenters. The van der Waals surface area contributed by atoms with Crippen LogP contribution in [0.15, 0.2) is 42.5 Å². The second-order valence-corrected chi connectivity index (χ2v) is 6.48. The van der Waals surface area contributed by atoms with Crippen LogP contribution in [0, 0.1) is 11.3 Å². The molecule has 0 saturated carbocycles. The van der Waals surface area contributed by atoms with Crippen molar-refractivity contribution in [2.45, 2.75) is 50.2 Å². The van der Waals surface area contributed by atoms with Crippen molar-refractivity contribution in [3.63, 3.8) is 0 Å². The first-order chi connectivity index (χ1) is 13.0. The second-order valence-electron chi connectivity index (χ2n) is 6.48. The molecular weight excluding hydrogens is 354 g/mol. The molecule has 2 rings (SSSR count). The van der Waals surface area contributed by atoms with E-state index in [1.54, 1.807) is 6.07 Å². The van der Waals surface area contributed by atoms with Gasteiger partial charge >= 0.3 is 12.0 Å². The largest absolute Gasteiger partial charge is 0.447 e. The van der Waals surface area contributed by atoms with Crippen LogP contribution >= 0.6 is 0 Å². The molecule has 1 aromatic carbocycles. The minimum absolute atomic E-state index is 0.0768. The summed E-state index contributed by atoms with van der Waals surface area (Å²) in [7, 11) is 0. The number of halogens is 2. The Balaban J connectivity index is 1.90. The molecule has 0 radical (unpaired) electrons. The van der Waals surface area contributed by atoms with Gasteiger partial charge in [-0.25, -0.2) is 4.79 Å². The molecule has 146 valence electrons. The van der Waals surface area contributed by atoms with Crippen molar-refractivity contribution in [3.8, 4) is 6.07 Å². The number of ether oxygens (including phenoxy) is 1. The van der Waals surface area contributed by atoms with E-state index >= 15 is 0 Å². The lowest BCUT2D eigenvalue weighted by atomic mass is 10.0. The maximum atomic E-state index is 14.3. The van der Waals surface area contributed by atoms with Crippen molar-refractivity contribution in [2.24, 2.45) is 0 Å². The van der Waals surface area contributed by atoms with Gasteiger partial charge in [0.2, 0.25) is 0 Å². The predicted molar refractivity (Wildman–Crippen MR) is 96.0 cm³/mol. The molecule has 0 spiro atoms. The maximum absolute atomic E-state index is 14.3. The number of cyclic esters (lactones) is 1. The number of rotatable bonds is 10. The monoisotopic (exact) mass is 378 g/mol. The summed E-state index contributed by atoms with van der Waals surface area (Å²) >= 11 is 0. The molecule has 1 aromatic rings. The zero-order valence-electron chi connectivity index (χ0n) is 15.1. The summed E-state index contributed by atoms with van der Waals surface area (Å²) in [6.45, 7) is 0.527. The van der Waals surface area contributed by atoms with Crippen LogP contribution in [0.3, 0.4) is 0 Å². The van der Waals surface area contributed by atoms with Gasteiger partial charge in [0, 0.05) is 18.5 Å². The van der Waals surface area contributed by atoms with Gasteiger partial charge in [-0.3, -0.25) is 4.90 Å². The average molecular weight is 378 g/mol. The Morgan fingerprint density at radius 1 is 1.30 bits per heavy atom. The molecule has 1 aliphatic rings. The van der Waals surface area contributed by atoms with Crippen molar-refractivity contribution >= 4 is 6.09 Å². The van der Waals surface area contributed by atoms with E-state index in [4.69, 9.17) is 10.00 Å². The van der Waals surface area contributed by atoms with Gasteiger partial charge in [-0.1, -0.05) is 55.3 Å². The standard InChI is InChI=1S/C20H24F2N2O3/c21-20(22,16-9-5-4-6-10-16)18(25)12-11-17-15-27-19(26)24(17)14-8-3-1-2-7-13-23/h4-6,9-12,17-18,25H,1-3,7-8,14-15H2. The van der Waals surface area contributed by atoms with Gasteiger partial charge < -0.3 is 9.84 Å². The number of carbonyl (C=O) groups excluding carboxylic acids is 1. The highest BCUT2D eigenvalue weighted by Gasteiger charge is 2.39. The van der Waals surface area contributed by atoms with Crippen LogP contribution in [-0.4, -0.2) is 41.4 Å². The molecule has 7 heteroatoms. The molecule has 27 heavy (non-hydrogen) atoms. The van der Waals surface area contributed by atoms with Crippen LogP contribution in [0.1, 0.15) is 37.7 Å². The van der Waals surface area contributed by atoms with E-state index < -0.39 is 24.2 Å². The van der Waals surface area contributed by atoms with Gasteiger partial charge in [0.15, 0.2) is 0 Å². The normalized spacial score (nSPS) is 18.5. The van der Waals surface area contributed by atoms with Crippen molar-refractivity contribution in [1.29, 1.82) is 5.26 Å². The SMILES string of the molecule is N#CCCCCCCN1C(=O)OCC1C=CC(O)C(F)(F)c1ccccc1. The minimum atomic E-state index is -3.42. The number of nitriles is 1. The van der Waals surface area contributed by atoms with Gasteiger partial charge in [0.1, 0.15) is 12.7 Å². The van der Waals surface area contributed by atoms with E-state index in [0.717, 1.165) is 31.8 Å². The number of carbonyl (C=O) groups is 1. The summed E-state index contributed by atoms with van der Waals surface area (Å²) in [6.07, 6.45) is 3.81. The average Bonchev–Trinajstić information content (AvgIpc) is 3.03. The number of unbranched alkanes of at least 4 members (excludes halogenated alkanes) is 4. The van der Waals surface area contributed by atoms with Crippen LogP contribution < -0.4 is 0 Å². The molecule has 2 unspecified atom stereocenters. The highest BCUT2D eigenvalue weighted by atomic mass is 19.3. The van der Waals surface area contributed by atoms with Crippen LogP contribution in [-0.2, 0) is 10.7 Å². The number of alkyl halides is 2. The fraction of sp³-hybridized carbons (Fsp3) is 0.500. The summed E-state index contributed by atoms with van der Waals surface area (Å²) in [5.41, 5.74) is -0.268. The number of aliphatic hydroxyl groups is 1. The lowest BCUT2D eigenvalue weighted by Gasteiger charge is -2.22. The van der Waals surface area contributed by atoms with Crippen molar-refractivity contribution in [3.05, 3.63) is 48.0 Å². The van der Waals surface area contributed by atoms with Gasteiger partial charge in [-0.05, 0) is 12.8 Å². The van der Waals surface area contributed by atoms with Gasteiger partial charge in [0.05, 0.1) is 12.1 Å². The quantitative estimate of drug-likeness (QED) is 0.493. The smallest absolute Gasteiger partial charge is 0.410 e. The van der Waals surface area contributed by atoms with E-state index in [1.807, 2.05) is 0 Å². The highest BCUT2D eigenvalue weighted by molar-refractivity contribution is 5.70. The zero-order valence-corrected chi connectivity index (χ0v) is 15.1.